The van der Waals surface area contributed by atoms with Gasteiger partial charge in [0.05, 0.1) is 0 Å². The van der Waals surface area contributed by atoms with Crippen molar-refractivity contribution in [1.82, 2.24) is 0 Å². The molecule has 0 aliphatic carbocycles. The summed E-state index contributed by atoms with van der Waals surface area (Å²) in [4.78, 5) is 0. The molecule has 0 aromatic heterocycles. The average molecular weight is 231 g/mol. The lowest BCUT2D eigenvalue weighted by molar-refractivity contribution is 1.18. The molecule has 0 radical (unpaired) electrons. The van der Waals surface area contributed by atoms with E-state index in [4.69, 9.17) is 11.6 Å². The average Bonchev–Trinajstić information content (AvgIpc) is 2.27. The van der Waals surface area contributed by atoms with Gasteiger partial charge in [0.25, 0.3) is 0 Å². The van der Waals surface area contributed by atoms with Crippen molar-refractivity contribution >= 4 is 11.6 Å². The number of benzene rings is 2. The van der Waals surface area contributed by atoms with Crippen molar-refractivity contribution in [1.29, 1.82) is 0 Å². The Balaban J connectivity index is 2.20. The lowest BCUT2D eigenvalue weighted by atomic mass is 10.0. The fraction of sp³-hybridized carbons (Fsp3) is 0.200. The van der Waals surface area contributed by atoms with E-state index in [1.54, 1.807) is 0 Å². The van der Waals surface area contributed by atoms with Crippen LogP contribution in [-0.4, -0.2) is 0 Å². The van der Waals surface area contributed by atoms with Crippen LogP contribution in [0.4, 0.5) is 0 Å². The Morgan fingerprint density at radius 3 is 2.12 bits per heavy atom. The largest absolute Gasteiger partial charge is 0.0840 e. The molecule has 0 saturated heterocycles. The van der Waals surface area contributed by atoms with E-state index in [1.165, 1.54) is 16.7 Å². The summed E-state index contributed by atoms with van der Waals surface area (Å²) in [6.45, 7) is 4.13. The Hall–Kier alpha value is -1.27. The van der Waals surface area contributed by atoms with Crippen molar-refractivity contribution in [2.45, 2.75) is 20.3 Å². The monoisotopic (exact) mass is 230 g/mol. The lowest BCUT2D eigenvalue weighted by Crippen LogP contribution is -1.89. The molecule has 1 heteroatoms. The molecule has 0 N–H and O–H groups in total. The van der Waals surface area contributed by atoms with Crippen LogP contribution in [0.15, 0.2) is 42.5 Å². The van der Waals surface area contributed by atoms with Gasteiger partial charge in [-0.2, -0.15) is 0 Å². The second-order valence-corrected chi connectivity index (χ2v) is 4.65. The zero-order valence-electron chi connectivity index (χ0n) is 9.63. The molecule has 2 rings (SSSR count). The summed E-state index contributed by atoms with van der Waals surface area (Å²) in [5.41, 5.74) is 5.02. The third-order valence-electron chi connectivity index (χ3n) is 2.77. The predicted molar refractivity (Wildman–Crippen MR) is 70.2 cm³/mol. The zero-order chi connectivity index (χ0) is 11.5. The molecule has 0 saturated carbocycles. The quantitative estimate of drug-likeness (QED) is 0.710. The summed E-state index contributed by atoms with van der Waals surface area (Å²) in [5, 5.41) is 0.851. The Morgan fingerprint density at radius 2 is 1.50 bits per heavy atom. The van der Waals surface area contributed by atoms with Gasteiger partial charge in [-0.15, -0.1) is 0 Å². The van der Waals surface area contributed by atoms with Crippen molar-refractivity contribution in [3.8, 4) is 0 Å². The van der Waals surface area contributed by atoms with Crippen LogP contribution >= 0.6 is 11.6 Å². The van der Waals surface area contributed by atoms with E-state index in [1.807, 2.05) is 6.92 Å². The molecule has 0 amide bonds. The third kappa shape index (κ3) is 2.65. The van der Waals surface area contributed by atoms with Crippen LogP contribution in [0.1, 0.15) is 22.3 Å². The summed E-state index contributed by atoms with van der Waals surface area (Å²) < 4.78 is 0. The van der Waals surface area contributed by atoms with E-state index >= 15 is 0 Å². The Labute approximate surface area is 102 Å². The SMILES string of the molecule is Cc1ccc(Cc2ccc(C)c(Cl)c2)cc1. The van der Waals surface area contributed by atoms with Crippen molar-refractivity contribution in [2.24, 2.45) is 0 Å². The zero-order valence-corrected chi connectivity index (χ0v) is 10.4. The van der Waals surface area contributed by atoms with E-state index in [2.05, 4.69) is 49.4 Å². The summed E-state index contributed by atoms with van der Waals surface area (Å²) in [5.74, 6) is 0. The van der Waals surface area contributed by atoms with Gasteiger partial charge in [-0.05, 0) is 43.0 Å². The minimum atomic E-state index is 0.851. The number of hydrogen-bond acceptors (Lipinski definition) is 0. The van der Waals surface area contributed by atoms with Crippen molar-refractivity contribution < 1.29 is 0 Å². The first kappa shape index (κ1) is 11.2. The molecular weight excluding hydrogens is 216 g/mol. The van der Waals surface area contributed by atoms with Crippen molar-refractivity contribution in [3.63, 3.8) is 0 Å². The van der Waals surface area contributed by atoms with E-state index < -0.39 is 0 Å². The van der Waals surface area contributed by atoms with Gasteiger partial charge in [-0.3, -0.25) is 0 Å². The van der Waals surface area contributed by atoms with E-state index in [0.29, 0.717) is 0 Å². The molecule has 0 bridgehead atoms. The molecule has 2 aromatic rings. The molecule has 82 valence electrons. The fourth-order valence-corrected chi connectivity index (χ4v) is 1.89. The lowest BCUT2D eigenvalue weighted by Gasteiger charge is -2.05. The highest BCUT2D eigenvalue weighted by molar-refractivity contribution is 6.31. The Kier molecular flexibility index (Phi) is 3.31. The topological polar surface area (TPSA) is 0 Å². The van der Waals surface area contributed by atoms with E-state index in [-0.39, 0.29) is 0 Å². The summed E-state index contributed by atoms with van der Waals surface area (Å²) in [6.07, 6.45) is 0.945. The van der Waals surface area contributed by atoms with Gasteiger partial charge in [0, 0.05) is 5.02 Å². The maximum Gasteiger partial charge on any atom is 0.0438 e. The van der Waals surface area contributed by atoms with Crippen LogP contribution in [0, 0.1) is 13.8 Å². The molecule has 0 aliphatic rings. The van der Waals surface area contributed by atoms with Gasteiger partial charge in [0.1, 0.15) is 0 Å². The molecule has 0 unspecified atom stereocenters. The third-order valence-corrected chi connectivity index (χ3v) is 3.17. The fourth-order valence-electron chi connectivity index (χ4n) is 1.69. The predicted octanol–water partition coefficient (Wildman–Crippen LogP) is 4.55. The summed E-state index contributed by atoms with van der Waals surface area (Å²) >= 11 is 6.11. The molecule has 2 aromatic carbocycles. The van der Waals surface area contributed by atoms with Crippen molar-refractivity contribution in [2.75, 3.05) is 0 Å². The molecule has 0 nitrogen and oxygen atoms in total. The van der Waals surface area contributed by atoms with Gasteiger partial charge in [0.2, 0.25) is 0 Å². The minimum absolute atomic E-state index is 0.851. The number of aryl methyl sites for hydroxylation is 2. The second-order valence-electron chi connectivity index (χ2n) is 4.25. The van der Waals surface area contributed by atoms with Crippen LogP contribution < -0.4 is 0 Å². The molecular formula is C15H15Cl. The van der Waals surface area contributed by atoms with Gasteiger partial charge in [0.15, 0.2) is 0 Å². The summed E-state index contributed by atoms with van der Waals surface area (Å²) in [7, 11) is 0. The molecule has 0 fully saturated rings. The van der Waals surface area contributed by atoms with Gasteiger partial charge in [-0.1, -0.05) is 53.6 Å². The van der Waals surface area contributed by atoms with Crippen LogP contribution in [-0.2, 0) is 6.42 Å². The van der Waals surface area contributed by atoms with Crippen molar-refractivity contribution in [3.05, 3.63) is 69.7 Å². The number of rotatable bonds is 2. The van der Waals surface area contributed by atoms with E-state index in [0.717, 1.165) is 17.0 Å². The molecule has 0 heterocycles. The van der Waals surface area contributed by atoms with Crippen LogP contribution in [0.5, 0.6) is 0 Å². The standard InChI is InChI=1S/C15H15Cl/c1-11-3-6-13(7-4-11)9-14-8-5-12(2)15(16)10-14/h3-8,10H,9H2,1-2H3. The number of halogens is 1. The highest BCUT2D eigenvalue weighted by Gasteiger charge is 1.99. The van der Waals surface area contributed by atoms with Crippen LogP contribution in [0.2, 0.25) is 5.02 Å². The van der Waals surface area contributed by atoms with Gasteiger partial charge < -0.3 is 0 Å². The maximum absolute atomic E-state index is 6.11. The van der Waals surface area contributed by atoms with Crippen LogP contribution in [0.3, 0.4) is 0 Å². The normalized spacial score (nSPS) is 10.4. The molecule has 0 atom stereocenters. The molecule has 0 aliphatic heterocycles. The summed E-state index contributed by atoms with van der Waals surface area (Å²) in [6, 6.07) is 14.9. The Bertz CT molecular complexity index is 483. The maximum atomic E-state index is 6.11. The smallest absolute Gasteiger partial charge is 0.0438 e. The van der Waals surface area contributed by atoms with E-state index in [9.17, 15) is 0 Å². The first-order valence-electron chi connectivity index (χ1n) is 5.46. The first-order chi connectivity index (χ1) is 7.65. The highest BCUT2D eigenvalue weighted by Crippen LogP contribution is 2.19. The van der Waals surface area contributed by atoms with Gasteiger partial charge >= 0.3 is 0 Å². The van der Waals surface area contributed by atoms with Gasteiger partial charge in [-0.25, -0.2) is 0 Å². The van der Waals surface area contributed by atoms with Crippen LogP contribution in [0.25, 0.3) is 0 Å². The highest BCUT2D eigenvalue weighted by atomic mass is 35.5. The Morgan fingerprint density at radius 1 is 0.875 bits per heavy atom. The molecule has 0 spiro atoms. The minimum Gasteiger partial charge on any atom is -0.0840 e. The first-order valence-corrected chi connectivity index (χ1v) is 5.83. The number of hydrogen-bond donors (Lipinski definition) is 0. The second kappa shape index (κ2) is 4.71. The molecule has 16 heavy (non-hydrogen) atoms.